The minimum Gasteiger partial charge on any atom is -1.00 e. The highest BCUT2D eigenvalue weighted by atomic mass is 35.5. The number of rotatable bonds is 2. The molecule has 0 saturated heterocycles. The molecule has 5 heteroatoms. The maximum absolute atomic E-state index is 10.5. The van der Waals surface area contributed by atoms with Crippen LogP contribution in [0.2, 0.25) is 0 Å². The highest BCUT2D eigenvalue weighted by molar-refractivity contribution is 5.71. The van der Waals surface area contributed by atoms with E-state index in [1.807, 2.05) is 7.05 Å². The number of nitrogens with zero attached hydrogens (tertiary/aromatic N) is 2. The van der Waals surface area contributed by atoms with Gasteiger partial charge in [0.25, 0.3) is 0 Å². The Kier molecular flexibility index (Phi) is 3.76. The van der Waals surface area contributed by atoms with Crippen molar-refractivity contribution in [1.82, 2.24) is 4.57 Å². The Morgan fingerprint density at radius 1 is 1.67 bits per heavy atom. The standard InChI is InChI=1S/C7H10N2O2.ClH/c1-6(7(10)11)9-4-3-8(2)5-9;/h3-6H,1-2H3;1H. The Balaban J connectivity index is 0.00000121. The first-order valence-electron chi connectivity index (χ1n) is 3.37. The van der Waals surface area contributed by atoms with Gasteiger partial charge >= 0.3 is 5.97 Å². The molecule has 0 radical (unpaired) electrons. The van der Waals surface area contributed by atoms with Crippen LogP contribution in [0.25, 0.3) is 0 Å². The predicted molar refractivity (Wildman–Crippen MR) is 38.0 cm³/mol. The molecular formula is C7H11ClN2O2. The molecule has 1 heterocycles. The van der Waals surface area contributed by atoms with Gasteiger partial charge in [0.05, 0.1) is 7.05 Å². The van der Waals surface area contributed by atoms with Crippen LogP contribution in [0.15, 0.2) is 18.7 Å². The van der Waals surface area contributed by atoms with Crippen molar-refractivity contribution in [3.05, 3.63) is 18.7 Å². The number of carboxylic acids is 1. The second kappa shape index (κ2) is 4.11. The molecule has 12 heavy (non-hydrogen) atoms. The summed E-state index contributed by atoms with van der Waals surface area (Å²) in [5, 5.41) is 8.61. The zero-order chi connectivity index (χ0) is 8.43. The molecular weight excluding hydrogens is 180 g/mol. The molecule has 0 amide bonds. The van der Waals surface area contributed by atoms with Crippen LogP contribution < -0.4 is 17.0 Å². The summed E-state index contributed by atoms with van der Waals surface area (Å²) < 4.78 is 3.45. The SMILES string of the molecule is CC(C(=O)O)n1cc[n+](C)c1.[Cl-]. The maximum Gasteiger partial charge on any atom is 0.349 e. The van der Waals surface area contributed by atoms with Gasteiger partial charge in [-0.15, -0.1) is 0 Å². The first-order chi connectivity index (χ1) is 5.11. The molecule has 0 aliphatic heterocycles. The average Bonchev–Trinajstić information content (AvgIpc) is 2.34. The van der Waals surface area contributed by atoms with Gasteiger partial charge in [-0.05, 0) is 6.92 Å². The summed E-state index contributed by atoms with van der Waals surface area (Å²) in [6, 6.07) is -0.490. The zero-order valence-electron chi connectivity index (χ0n) is 6.94. The van der Waals surface area contributed by atoms with E-state index in [-0.39, 0.29) is 12.4 Å². The molecule has 0 saturated carbocycles. The average molecular weight is 191 g/mol. The summed E-state index contributed by atoms with van der Waals surface area (Å²) >= 11 is 0. The molecule has 1 aromatic heterocycles. The van der Waals surface area contributed by atoms with Crippen molar-refractivity contribution in [3.8, 4) is 0 Å². The van der Waals surface area contributed by atoms with Gasteiger partial charge in [0, 0.05) is 0 Å². The third kappa shape index (κ3) is 2.23. The van der Waals surface area contributed by atoms with Crippen molar-refractivity contribution in [2.24, 2.45) is 7.05 Å². The molecule has 0 spiro atoms. The van der Waals surface area contributed by atoms with E-state index in [1.165, 1.54) is 0 Å². The lowest BCUT2D eigenvalue weighted by Crippen LogP contribution is -3.00. The zero-order valence-corrected chi connectivity index (χ0v) is 7.69. The van der Waals surface area contributed by atoms with Crippen molar-refractivity contribution >= 4 is 5.97 Å². The third-order valence-corrected chi connectivity index (χ3v) is 1.59. The van der Waals surface area contributed by atoms with E-state index >= 15 is 0 Å². The van der Waals surface area contributed by atoms with Crippen LogP contribution in [0.3, 0.4) is 0 Å². The smallest absolute Gasteiger partial charge is 0.349 e. The van der Waals surface area contributed by atoms with Crippen LogP contribution in [0.5, 0.6) is 0 Å². The highest BCUT2D eigenvalue weighted by Gasteiger charge is 2.17. The lowest BCUT2D eigenvalue weighted by molar-refractivity contribution is -0.671. The summed E-state index contributed by atoms with van der Waals surface area (Å²) in [6.45, 7) is 1.64. The number of hydrogen-bond donors (Lipinski definition) is 1. The Hall–Kier alpha value is -1.03. The first kappa shape index (κ1) is 11.0. The van der Waals surface area contributed by atoms with Crippen molar-refractivity contribution in [2.45, 2.75) is 13.0 Å². The second-order valence-corrected chi connectivity index (χ2v) is 2.54. The fourth-order valence-electron chi connectivity index (χ4n) is 0.826. The number of carboxylic acid groups (broad SMARTS) is 1. The van der Waals surface area contributed by atoms with Crippen molar-refractivity contribution in [3.63, 3.8) is 0 Å². The van der Waals surface area contributed by atoms with Crippen LogP contribution in [-0.2, 0) is 11.8 Å². The molecule has 68 valence electrons. The van der Waals surface area contributed by atoms with E-state index in [9.17, 15) is 4.79 Å². The van der Waals surface area contributed by atoms with Gasteiger partial charge in [0.2, 0.25) is 6.33 Å². The minimum atomic E-state index is -0.818. The largest absolute Gasteiger partial charge is 1.00 e. The van der Waals surface area contributed by atoms with E-state index in [0.29, 0.717) is 0 Å². The topological polar surface area (TPSA) is 46.1 Å². The molecule has 1 rings (SSSR count). The van der Waals surface area contributed by atoms with Crippen molar-refractivity contribution in [2.75, 3.05) is 0 Å². The number of aliphatic carboxylic acids is 1. The van der Waals surface area contributed by atoms with Crippen LogP contribution in [-0.4, -0.2) is 15.6 Å². The first-order valence-corrected chi connectivity index (χ1v) is 3.37. The number of carbonyl (C=O) groups is 1. The van der Waals surface area contributed by atoms with Crippen LogP contribution in [0.4, 0.5) is 0 Å². The number of aromatic nitrogens is 2. The molecule has 0 aliphatic carbocycles. The lowest BCUT2D eigenvalue weighted by atomic mass is 10.3. The molecule has 4 nitrogen and oxygen atoms in total. The molecule has 1 aromatic rings. The van der Waals surface area contributed by atoms with Gasteiger partial charge < -0.3 is 17.5 Å². The minimum absolute atomic E-state index is 0. The molecule has 0 aromatic carbocycles. The Morgan fingerprint density at radius 2 is 2.25 bits per heavy atom. The third-order valence-electron chi connectivity index (χ3n) is 1.59. The second-order valence-electron chi connectivity index (χ2n) is 2.54. The molecule has 1 unspecified atom stereocenters. The number of imidazole rings is 1. The van der Waals surface area contributed by atoms with Gasteiger partial charge in [-0.3, -0.25) is 0 Å². The van der Waals surface area contributed by atoms with Gasteiger partial charge in [-0.2, -0.15) is 0 Å². The molecule has 0 bridgehead atoms. The number of hydrogen-bond acceptors (Lipinski definition) is 1. The summed E-state index contributed by atoms with van der Waals surface area (Å²) in [6.07, 6.45) is 5.27. The van der Waals surface area contributed by atoms with E-state index in [1.54, 1.807) is 34.8 Å². The quantitative estimate of drug-likeness (QED) is 0.505. The summed E-state index contributed by atoms with van der Waals surface area (Å²) in [5.41, 5.74) is 0. The summed E-state index contributed by atoms with van der Waals surface area (Å²) in [7, 11) is 1.85. The monoisotopic (exact) mass is 190 g/mol. The van der Waals surface area contributed by atoms with Gasteiger partial charge in [-0.1, -0.05) is 0 Å². The highest BCUT2D eigenvalue weighted by Crippen LogP contribution is 2.01. The van der Waals surface area contributed by atoms with E-state index in [0.717, 1.165) is 0 Å². The fourth-order valence-corrected chi connectivity index (χ4v) is 0.826. The summed E-state index contributed by atoms with van der Waals surface area (Å²) in [5.74, 6) is -0.818. The Morgan fingerprint density at radius 3 is 2.58 bits per heavy atom. The maximum atomic E-state index is 10.5. The van der Waals surface area contributed by atoms with Crippen molar-refractivity contribution in [1.29, 1.82) is 0 Å². The van der Waals surface area contributed by atoms with Crippen LogP contribution >= 0.6 is 0 Å². The van der Waals surface area contributed by atoms with E-state index < -0.39 is 12.0 Å². The van der Waals surface area contributed by atoms with Crippen molar-refractivity contribution < 1.29 is 26.9 Å². The molecule has 1 atom stereocenters. The fraction of sp³-hybridized carbons (Fsp3) is 0.429. The number of aryl methyl sites for hydroxylation is 1. The molecule has 0 fully saturated rings. The van der Waals surface area contributed by atoms with E-state index in [4.69, 9.17) is 5.11 Å². The molecule has 1 N–H and O–H groups in total. The van der Waals surface area contributed by atoms with Gasteiger partial charge in [0.15, 0.2) is 6.04 Å². The molecule has 0 aliphatic rings. The lowest BCUT2D eigenvalue weighted by Gasteiger charge is -1.98. The van der Waals surface area contributed by atoms with Crippen LogP contribution in [0, 0.1) is 0 Å². The predicted octanol–water partition coefficient (Wildman–Crippen LogP) is -3.04. The van der Waals surface area contributed by atoms with Gasteiger partial charge in [-0.25, -0.2) is 13.9 Å². The van der Waals surface area contributed by atoms with Crippen LogP contribution in [0.1, 0.15) is 13.0 Å². The Bertz CT molecular complexity index is 272. The Labute approximate surface area is 76.8 Å². The van der Waals surface area contributed by atoms with E-state index in [2.05, 4.69) is 0 Å². The summed E-state index contributed by atoms with van der Waals surface area (Å²) in [4.78, 5) is 10.5. The normalized spacial score (nSPS) is 11.8. The number of halogens is 1. The van der Waals surface area contributed by atoms with Gasteiger partial charge in [0.1, 0.15) is 12.4 Å².